The normalized spacial score (nSPS) is 15.8. The largest absolute Gasteiger partial charge is 0.470 e. The van der Waals surface area contributed by atoms with Gasteiger partial charge in [0.1, 0.15) is 17.6 Å². The molecule has 0 spiro atoms. The molecule has 10 nitrogen and oxygen atoms in total. The summed E-state index contributed by atoms with van der Waals surface area (Å²) in [7, 11) is 3.64. The fourth-order valence-corrected chi connectivity index (χ4v) is 4.28. The molecular weight excluding hydrogens is 451 g/mol. The monoisotopic (exact) mass is 474 g/mol. The number of hydrogen-bond acceptors (Lipinski definition) is 7. The van der Waals surface area contributed by atoms with Gasteiger partial charge < -0.3 is 9.47 Å². The molecule has 1 aliphatic rings. The van der Waals surface area contributed by atoms with E-state index < -0.39 is 0 Å². The minimum absolute atomic E-state index is 0.110. The molecule has 178 valence electrons. The Bertz CT molecular complexity index is 1550. The second-order valence-corrected chi connectivity index (χ2v) is 8.71. The van der Waals surface area contributed by atoms with Gasteiger partial charge in [0.25, 0.3) is 0 Å². The Hall–Kier alpha value is -4.12. The molecule has 0 saturated carbocycles. The van der Waals surface area contributed by atoms with Crippen LogP contribution in [0.1, 0.15) is 12.0 Å². The van der Waals surface area contributed by atoms with Crippen molar-refractivity contribution in [1.82, 2.24) is 39.4 Å². The molecule has 35 heavy (non-hydrogen) atoms. The molecule has 1 unspecified atom stereocenters. The number of halogens is 1. The lowest BCUT2D eigenvalue weighted by Gasteiger charge is -2.15. The van der Waals surface area contributed by atoms with Crippen molar-refractivity contribution in [3.63, 3.8) is 0 Å². The first-order valence-electron chi connectivity index (χ1n) is 11.3. The van der Waals surface area contributed by atoms with E-state index in [0.29, 0.717) is 47.3 Å². The number of fused-ring (bicyclic) bond motifs is 1. The van der Waals surface area contributed by atoms with Gasteiger partial charge >= 0.3 is 0 Å². The molecule has 1 saturated heterocycles. The highest BCUT2D eigenvalue weighted by Crippen LogP contribution is 2.34. The molecule has 0 N–H and O–H groups in total. The van der Waals surface area contributed by atoms with Crippen molar-refractivity contribution >= 4 is 5.65 Å². The summed E-state index contributed by atoms with van der Waals surface area (Å²) in [6, 6.07) is 5.39. The molecule has 0 bridgehead atoms. The van der Waals surface area contributed by atoms with E-state index >= 15 is 4.39 Å². The number of ether oxygens (including phenoxy) is 2. The van der Waals surface area contributed by atoms with Crippen LogP contribution in [0, 0.1) is 12.7 Å². The van der Waals surface area contributed by atoms with Crippen LogP contribution in [0.2, 0.25) is 0 Å². The quantitative estimate of drug-likeness (QED) is 0.386. The Morgan fingerprint density at radius 1 is 1.06 bits per heavy atom. The van der Waals surface area contributed by atoms with Gasteiger partial charge in [-0.15, -0.1) is 10.2 Å². The summed E-state index contributed by atoms with van der Waals surface area (Å²) in [4.78, 5) is 4.53. The van der Waals surface area contributed by atoms with Crippen molar-refractivity contribution in [1.29, 1.82) is 0 Å². The third kappa shape index (κ3) is 3.83. The van der Waals surface area contributed by atoms with Gasteiger partial charge in [0.15, 0.2) is 5.65 Å². The maximum absolute atomic E-state index is 15.4. The van der Waals surface area contributed by atoms with Gasteiger partial charge in [-0.25, -0.2) is 13.9 Å². The first kappa shape index (κ1) is 21.4. The van der Waals surface area contributed by atoms with E-state index in [2.05, 4.69) is 20.4 Å². The van der Waals surface area contributed by atoms with Crippen LogP contribution < -0.4 is 4.74 Å². The van der Waals surface area contributed by atoms with Crippen molar-refractivity contribution in [2.75, 3.05) is 13.2 Å². The molecule has 4 aromatic heterocycles. The van der Waals surface area contributed by atoms with Crippen molar-refractivity contribution in [3.8, 4) is 39.5 Å². The summed E-state index contributed by atoms with van der Waals surface area (Å²) in [5, 5.41) is 17.2. The topological polar surface area (TPSA) is 97.2 Å². The Kier molecular flexibility index (Phi) is 5.06. The van der Waals surface area contributed by atoms with Gasteiger partial charge in [-0.1, -0.05) is 5.21 Å². The van der Waals surface area contributed by atoms with Crippen LogP contribution in [0.5, 0.6) is 5.88 Å². The molecular formula is C24H23FN8O2. The van der Waals surface area contributed by atoms with Gasteiger partial charge in [-0.05, 0) is 30.7 Å². The van der Waals surface area contributed by atoms with E-state index in [1.807, 2.05) is 19.3 Å². The van der Waals surface area contributed by atoms with Crippen LogP contribution >= 0.6 is 0 Å². The highest BCUT2D eigenvalue weighted by molar-refractivity contribution is 5.75. The van der Waals surface area contributed by atoms with Gasteiger partial charge in [-0.2, -0.15) is 5.10 Å². The van der Waals surface area contributed by atoms with Crippen LogP contribution in [0.4, 0.5) is 4.39 Å². The second kappa shape index (κ2) is 8.27. The summed E-state index contributed by atoms with van der Waals surface area (Å²) in [6.07, 6.45) is 7.72. The maximum atomic E-state index is 15.4. The van der Waals surface area contributed by atoms with Gasteiger partial charge in [0.2, 0.25) is 5.88 Å². The Morgan fingerprint density at radius 3 is 2.66 bits per heavy atom. The van der Waals surface area contributed by atoms with Gasteiger partial charge in [0, 0.05) is 43.4 Å². The van der Waals surface area contributed by atoms with Crippen molar-refractivity contribution in [2.24, 2.45) is 14.1 Å². The molecule has 1 fully saturated rings. The van der Waals surface area contributed by atoms with Gasteiger partial charge in [-0.3, -0.25) is 9.36 Å². The number of aryl methyl sites for hydroxylation is 3. The average molecular weight is 475 g/mol. The zero-order chi connectivity index (χ0) is 24.1. The molecule has 0 amide bonds. The van der Waals surface area contributed by atoms with Crippen LogP contribution in [0.15, 0.2) is 43.0 Å². The fourth-order valence-electron chi connectivity index (χ4n) is 4.28. The molecule has 5 heterocycles. The number of benzene rings is 1. The Labute approximate surface area is 199 Å². The highest BCUT2D eigenvalue weighted by Gasteiger charge is 2.23. The predicted octanol–water partition coefficient (Wildman–Crippen LogP) is 3.21. The Balaban J connectivity index is 1.51. The fraction of sp³-hybridized carbons (Fsp3) is 0.292. The summed E-state index contributed by atoms with van der Waals surface area (Å²) in [5.41, 5.74) is 4.97. The second-order valence-electron chi connectivity index (χ2n) is 8.71. The third-order valence-corrected chi connectivity index (χ3v) is 6.07. The minimum atomic E-state index is -0.343. The number of aromatic nitrogens is 8. The van der Waals surface area contributed by atoms with E-state index in [9.17, 15) is 0 Å². The summed E-state index contributed by atoms with van der Waals surface area (Å²) < 4.78 is 32.1. The van der Waals surface area contributed by atoms with Crippen molar-refractivity contribution < 1.29 is 13.9 Å². The molecule has 0 radical (unpaired) electrons. The predicted molar refractivity (Wildman–Crippen MR) is 125 cm³/mol. The molecule has 5 aromatic rings. The third-order valence-electron chi connectivity index (χ3n) is 6.07. The molecule has 0 aliphatic carbocycles. The Morgan fingerprint density at radius 2 is 1.94 bits per heavy atom. The standard InChI is InChI=1S/C24H23FN8O2/c1-14-6-15(20-12-32(3)30-28-20)7-19(23(14)25)21-10-26-22-8-18(16-9-27-31(2)11-16)24(29-33(21)22)35-17-4-5-34-13-17/h6-12,17H,4-5,13H2,1-3H3. The van der Waals surface area contributed by atoms with E-state index in [0.717, 1.165) is 23.1 Å². The van der Waals surface area contributed by atoms with E-state index in [-0.39, 0.29) is 11.9 Å². The van der Waals surface area contributed by atoms with Gasteiger partial charge in [0.05, 0.1) is 43.1 Å². The van der Waals surface area contributed by atoms with Crippen molar-refractivity contribution in [3.05, 3.63) is 54.4 Å². The zero-order valence-corrected chi connectivity index (χ0v) is 19.5. The number of imidazole rings is 1. The number of nitrogens with zero attached hydrogens (tertiary/aromatic N) is 8. The minimum Gasteiger partial charge on any atom is -0.470 e. The first-order chi connectivity index (χ1) is 17.0. The number of rotatable bonds is 5. The smallest absolute Gasteiger partial charge is 0.240 e. The molecule has 11 heteroatoms. The molecule has 1 aromatic carbocycles. The summed E-state index contributed by atoms with van der Waals surface area (Å²) in [6.45, 7) is 2.87. The van der Waals surface area contributed by atoms with Crippen LogP contribution in [-0.4, -0.2) is 58.7 Å². The van der Waals surface area contributed by atoms with E-state index in [4.69, 9.17) is 14.6 Å². The summed E-state index contributed by atoms with van der Waals surface area (Å²) >= 11 is 0. The lowest BCUT2D eigenvalue weighted by molar-refractivity contribution is 0.137. The van der Waals surface area contributed by atoms with Crippen LogP contribution in [0.25, 0.3) is 39.3 Å². The molecule has 6 rings (SSSR count). The van der Waals surface area contributed by atoms with E-state index in [1.54, 1.807) is 58.6 Å². The maximum Gasteiger partial charge on any atom is 0.240 e. The average Bonchev–Trinajstić information content (AvgIpc) is 3.64. The van der Waals surface area contributed by atoms with Crippen LogP contribution in [-0.2, 0) is 18.8 Å². The first-order valence-corrected chi connectivity index (χ1v) is 11.3. The van der Waals surface area contributed by atoms with Crippen LogP contribution in [0.3, 0.4) is 0 Å². The highest BCUT2D eigenvalue weighted by atomic mass is 19.1. The zero-order valence-electron chi connectivity index (χ0n) is 19.5. The SMILES string of the molecule is Cc1cc(-c2cn(C)nn2)cc(-c2cnc3cc(-c4cnn(C)c4)c(OC4CCOC4)nn23)c1F. The lowest BCUT2D eigenvalue weighted by Crippen LogP contribution is -2.18. The van der Waals surface area contributed by atoms with E-state index in [1.165, 1.54) is 0 Å². The lowest BCUT2D eigenvalue weighted by atomic mass is 10.0. The summed E-state index contributed by atoms with van der Waals surface area (Å²) in [5.74, 6) is 0.0756. The van der Waals surface area contributed by atoms with Crippen molar-refractivity contribution in [2.45, 2.75) is 19.4 Å². The molecule has 1 aliphatic heterocycles. The number of hydrogen-bond donors (Lipinski definition) is 0. The molecule has 1 atom stereocenters.